The van der Waals surface area contributed by atoms with Gasteiger partial charge >= 0.3 is 5.97 Å². The Hall–Kier alpha value is -0.860. The Morgan fingerprint density at radius 3 is 2.71 bits per heavy atom. The maximum absolute atomic E-state index is 11.0. The molecule has 3 nitrogen and oxygen atoms in total. The fourth-order valence-corrected chi connectivity index (χ4v) is 1.32. The average Bonchev–Trinajstić information content (AvgIpc) is 2.15. The van der Waals surface area contributed by atoms with Crippen LogP contribution in [0.25, 0.3) is 0 Å². The van der Waals surface area contributed by atoms with Crippen LogP contribution in [0.5, 0.6) is 0 Å². The lowest BCUT2D eigenvalue weighted by Gasteiger charge is -2.08. The number of aldehydes is 1. The third-order valence-corrected chi connectivity index (χ3v) is 2.16. The van der Waals surface area contributed by atoms with Gasteiger partial charge in [-0.2, -0.15) is 0 Å². The SMILES string of the molecule is CCOC(=O)CCCC(C)CCC=O. The molecule has 0 aliphatic carbocycles. The Labute approximate surface area is 85.8 Å². The molecule has 0 saturated heterocycles. The number of hydrogen-bond acceptors (Lipinski definition) is 3. The summed E-state index contributed by atoms with van der Waals surface area (Å²) in [4.78, 5) is 21.1. The molecule has 0 heterocycles. The summed E-state index contributed by atoms with van der Waals surface area (Å²) < 4.78 is 4.81. The van der Waals surface area contributed by atoms with E-state index in [1.807, 2.05) is 6.92 Å². The highest BCUT2D eigenvalue weighted by atomic mass is 16.5. The van der Waals surface area contributed by atoms with Gasteiger partial charge < -0.3 is 9.53 Å². The first kappa shape index (κ1) is 13.1. The van der Waals surface area contributed by atoms with E-state index < -0.39 is 0 Å². The lowest BCUT2D eigenvalue weighted by molar-refractivity contribution is -0.143. The van der Waals surface area contributed by atoms with Gasteiger partial charge in [-0.1, -0.05) is 13.3 Å². The average molecular weight is 200 g/mol. The fourth-order valence-electron chi connectivity index (χ4n) is 1.32. The lowest BCUT2D eigenvalue weighted by Crippen LogP contribution is -2.04. The first-order valence-electron chi connectivity index (χ1n) is 5.30. The lowest BCUT2D eigenvalue weighted by atomic mass is 9.99. The molecule has 0 aromatic carbocycles. The molecule has 0 spiro atoms. The molecule has 0 fully saturated rings. The highest BCUT2D eigenvalue weighted by molar-refractivity contribution is 5.69. The number of esters is 1. The number of carbonyl (C=O) groups excluding carboxylic acids is 2. The molecule has 82 valence electrons. The van der Waals surface area contributed by atoms with Crippen molar-refractivity contribution in [3.05, 3.63) is 0 Å². The van der Waals surface area contributed by atoms with Crippen LogP contribution < -0.4 is 0 Å². The number of ether oxygens (including phenoxy) is 1. The van der Waals surface area contributed by atoms with Crippen molar-refractivity contribution in [1.82, 2.24) is 0 Å². The number of rotatable bonds is 8. The third kappa shape index (κ3) is 7.77. The molecule has 0 radical (unpaired) electrons. The first-order valence-corrected chi connectivity index (χ1v) is 5.30. The molecule has 0 N–H and O–H groups in total. The van der Waals surface area contributed by atoms with Crippen molar-refractivity contribution in [3.63, 3.8) is 0 Å². The Morgan fingerprint density at radius 1 is 1.43 bits per heavy atom. The van der Waals surface area contributed by atoms with Crippen LogP contribution in [0.1, 0.15) is 46.0 Å². The summed E-state index contributed by atoms with van der Waals surface area (Å²) in [6.07, 6.45) is 4.85. The van der Waals surface area contributed by atoms with Crippen LogP contribution in [-0.4, -0.2) is 18.9 Å². The number of carbonyl (C=O) groups is 2. The zero-order chi connectivity index (χ0) is 10.8. The molecule has 0 aromatic rings. The minimum Gasteiger partial charge on any atom is -0.466 e. The van der Waals surface area contributed by atoms with E-state index in [2.05, 4.69) is 6.92 Å². The van der Waals surface area contributed by atoms with E-state index in [4.69, 9.17) is 4.74 Å². The van der Waals surface area contributed by atoms with Crippen LogP contribution in [0, 0.1) is 5.92 Å². The van der Waals surface area contributed by atoms with Gasteiger partial charge in [0.1, 0.15) is 6.29 Å². The quantitative estimate of drug-likeness (QED) is 0.446. The van der Waals surface area contributed by atoms with Gasteiger partial charge in [-0.15, -0.1) is 0 Å². The van der Waals surface area contributed by atoms with E-state index in [1.54, 1.807) is 0 Å². The summed E-state index contributed by atoms with van der Waals surface area (Å²) in [5.74, 6) is 0.407. The maximum Gasteiger partial charge on any atom is 0.305 e. The molecule has 1 unspecified atom stereocenters. The normalized spacial score (nSPS) is 12.1. The van der Waals surface area contributed by atoms with Gasteiger partial charge in [-0.05, 0) is 25.7 Å². The molecule has 1 atom stereocenters. The van der Waals surface area contributed by atoms with E-state index in [9.17, 15) is 9.59 Å². The molecule has 3 heteroatoms. The van der Waals surface area contributed by atoms with Crippen molar-refractivity contribution < 1.29 is 14.3 Å². The second-order valence-corrected chi connectivity index (χ2v) is 3.55. The monoisotopic (exact) mass is 200 g/mol. The molecule has 14 heavy (non-hydrogen) atoms. The van der Waals surface area contributed by atoms with Crippen LogP contribution in [0.15, 0.2) is 0 Å². The molecular formula is C11H20O3. The van der Waals surface area contributed by atoms with Gasteiger partial charge in [0.05, 0.1) is 6.61 Å². The van der Waals surface area contributed by atoms with E-state index in [0.29, 0.717) is 25.4 Å². The van der Waals surface area contributed by atoms with Crippen molar-refractivity contribution in [3.8, 4) is 0 Å². The largest absolute Gasteiger partial charge is 0.466 e. The van der Waals surface area contributed by atoms with E-state index >= 15 is 0 Å². The first-order chi connectivity index (χ1) is 6.70. The zero-order valence-electron chi connectivity index (χ0n) is 9.12. The summed E-state index contributed by atoms with van der Waals surface area (Å²) in [6.45, 7) is 4.37. The van der Waals surface area contributed by atoms with E-state index in [0.717, 1.165) is 25.5 Å². The maximum atomic E-state index is 11.0. The van der Waals surface area contributed by atoms with Crippen molar-refractivity contribution in [2.24, 2.45) is 5.92 Å². The highest BCUT2D eigenvalue weighted by Crippen LogP contribution is 2.13. The summed E-state index contributed by atoms with van der Waals surface area (Å²) in [5.41, 5.74) is 0. The van der Waals surface area contributed by atoms with Crippen molar-refractivity contribution in [2.45, 2.75) is 46.0 Å². The van der Waals surface area contributed by atoms with Crippen molar-refractivity contribution in [1.29, 1.82) is 0 Å². The molecular weight excluding hydrogens is 180 g/mol. The molecule has 0 bridgehead atoms. The van der Waals surface area contributed by atoms with Crippen LogP contribution in [-0.2, 0) is 14.3 Å². The second-order valence-electron chi connectivity index (χ2n) is 3.55. The van der Waals surface area contributed by atoms with Crippen LogP contribution >= 0.6 is 0 Å². The van der Waals surface area contributed by atoms with Crippen molar-refractivity contribution >= 4 is 12.3 Å². The Balaban J connectivity index is 3.34. The van der Waals surface area contributed by atoms with Gasteiger partial charge in [-0.3, -0.25) is 4.79 Å². The highest BCUT2D eigenvalue weighted by Gasteiger charge is 2.05. The minimum absolute atomic E-state index is 0.116. The predicted octanol–water partition coefficient (Wildman–Crippen LogP) is 2.33. The minimum atomic E-state index is -0.116. The molecule has 0 aliphatic heterocycles. The predicted molar refractivity (Wildman–Crippen MR) is 54.9 cm³/mol. The van der Waals surface area contributed by atoms with Crippen molar-refractivity contribution in [2.75, 3.05) is 6.61 Å². The molecule has 0 amide bonds. The van der Waals surface area contributed by atoms with Gasteiger partial charge in [0.2, 0.25) is 0 Å². The standard InChI is InChI=1S/C11H20O3/c1-3-14-11(13)8-4-6-10(2)7-5-9-12/h9-10H,3-8H2,1-2H3. The summed E-state index contributed by atoms with van der Waals surface area (Å²) >= 11 is 0. The van der Waals surface area contributed by atoms with Gasteiger partial charge in [0.15, 0.2) is 0 Å². The zero-order valence-corrected chi connectivity index (χ0v) is 9.12. The topological polar surface area (TPSA) is 43.4 Å². The fraction of sp³-hybridized carbons (Fsp3) is 0.818. The Kier molecular flexibility index (Phi) is 8.19. The Bertz CT molecular complexity index is 166. The number of hydrogen-bond donors (Lipinski definition) is 0. The smallest absolute Gasteiger partial charge is 0.305 e. The molecule has 0 aliphatic rings. The molecule has 0 saturated carbocycles. The second kappa shape index (κ2) is 8.73. The van der Waals surface area contributed by atoms with Crippen LogP contribution in [0.2, 0.25) is 0 Å². The van der Waals surface area contributed by atoms with Crippen LogP contribution in [0.3, 0.4) is 0 Å². The van der Waals surface area contributed by atoms with E-state index in [1.165, 1.54) is 0 Å². The van der Waals surface area contributed by atoms with Gasteiger partial charge in [0, 0.05) is 12.8 Å². The Morgan fingerprint density at radius 2 is 2.14 bits per heavy atom. The van der Waals surface area contributed by atoms with Crippen LogP contribution in [0.4, 0.5) is 0 Å². The molecule has 0 rings (SSSR count). The third-order valence-electron chi connectivity index (χ3n) is 2.16. The summed E-state index contributed by atoms with van der Waals surface area (Å²) in [5, 5.41) is 0. The molecule has 0 aromatic heterocycles. The van der Waals surface area contributed by atoms with Gasteiger partial charge in [-0.25, -0.2) is 0 Å². The summed E-state index contributed by atoms with van der Waals surface area (Å²) in [7, 11) is 0. The van der Waals surface area contributed by atoms with Gasteiger partial charge in [0.25, 0.3) is 0 Å². The summed E-state index contributed by atoms with van der Waals surface area (Å²) in [6, 6.07) is 0. The van der Waals surface area contributed by atoms with E-state index in [-0.39, 0.29) is 5.97 Å².